The maximum Gasteiger partial charge on any atom is 0.332 e. The minimum atomic E-state index is -0.455. The summed E-state index contributed by atoms with van der Waals surface area (Å²) in [5.41, 5.74) is 0.457. The van der Waals surface area contributed by atoms with E-state index in [1.807, 2.05) is 7.05 Å². The van der Waals surface area contributed by atoms with Gasteiger partial charge in [0.15, 0.2) is 11.2 Å². The second-order valence-corrected chi connectivity index (χ2v) is 7.36. The van der Waals surface area contributed by atoms with Crippen molar-refractivity contribution in [3.8, 4) is 0 Å². The number of rotatable bonds is 7. The number of aromatic nitrogens is 4. The standard InChI is InChI=1S/C18H22Cl2N6O2/c1-21-7-4-8-22-17-23-15-14(24(17)2)16(27)26(18(28)25(15)3)10-11-5-6-12(19)9-13(11)20/h5-6,9,21H,4,7-8,10H2,1-3H3,(H,22,23). The van der Waals surface area contributed by atoms with Crippen LogP contribution in [0, 0.1) is 0 Å². The van der Waals surface area contributed by atoms with Crippen LogP contribution in [0.4, 0.5) is 5.95 Å². The largest absolute Gasteiger partial charge is 0.356 e. The minimum Gasteiger partial charge on any atom is -0.356 e. The zero-order valence-electron chi connectivity index (χ0n) is 15.9. The van der Waals surface area contributed by atoms with Gasteiger partial charge in [-0.1, -0.05) is 29.3 Å². The van der Waals surface area contributed by atoms with Crippen LogP contribution in [0.15, 0.2) is 27.8 Å². The van der Waals surface area contributed by atoms with E-state index in [0.717, 1.165) is 17.5 Å². The van der Waals surface area contributed by atoms with Crippen LogP contribution in [0.5, 0.6) is 0 Å². The Balaban J connectivity index is 2.06. The zero-order valence-corrected chi connectivity index (χ0v) is 17.4. The van der Waals surface area contributed by atoms with Crippen molar-refractivity contribution in [2.75, 3.05) is 25.5 Å². The van der Waals surface area contributed by atoms with E-state index in [-0.39, 0.29) is 6.54 Å². The molecule has 0 unspecified atom stereocenters. The smallest absolute Gasteiger partial charge is 0.332 e. The molecule has 1 aromatic carbocycles. The van der Waals surface area contributed by atoms with Crippen molar-refractivity contribution in [3.05, 3.63) is 54.6 Å². The SMILES string of the molecule is CNCCCNc1nc2c(c(=O)n(Cc3ccc(Cl)cc3Cl)c(=O)n2C)n1C. The van der Waals surface area contributed by atoms with Gasteiger partial charge in [-0.3, -0.25) is 13.9 Å². The van der Waals surface area contributed by atoms with Crippen LogP contribution >= 0.6 is 23.2 Å². The molecule has 10 heteroatoms. The van der Waals surface area contributed by atoms with Gasteiger partial charge in [-0.25, -0.2) is 4.79 Å². The molecule has 2 N–H and O–H groups in total. The summed E-state index contributed by atoms with van der Waals surface area (Å²) in [5.74, 6) is 0.542. The number of halogens is 2. The van der Waals surface area contributed by atoms with Gasteiger partial charge >= 0.3 is 5.69 Å². The first-order chi connectivity index (χ1) is 13.3. The lowest BCUT2D eigenvalue weighted by atomic mass is 10.2. The van der Waals surface area contributed by atoms with Gasteiger partial charge in [-0.05, 0) is 37.7 Å². The first-order valence-corrected chi connectivity index (χ1v) is 9.59. The van der Waals surface area contributed by atoms with Gasteiger partial charge in [-0.2, -0.15) is 4.98 Å². The monoisotopic (exact) mass is 424 g/mol. The van der Waals surface area contributed by atoms with Crippen molar-refractivity contribution in [2.45, 2.75) is 13.0 Å². The third-order valence-corrected chi connectivity index (χ3v) is 5.18. The lowest BCUT2D eigenvalue weighted by Gasteiger charge is -2.10. The summed E-state index contributed by atoms with van der Waals surface area (Å²) >= 11 is 12.1. The van der Waals surface area contributed by atoms with Crippen LogP contribution < -0.4 is 21.9 Å². The first kappa shape index (κ1) is 20.4. The second kappa shape index (κ2) is 8.38. The summed E-state index contributed by atoms with van der Waals surface area (Å²) in [6, 6.07) is 4.97. The molecule has 8 nitrogen and oxygen atoms in total. The maximum atomic E-state index is 13.1. The van der Waals surface area contributed by atoms with Crippen LogP contribution in [-0.4, -0.2) is 38.8 Å². The van der Waals surface area contributed by atoms with Gasteiger partial charge in [0.1, 0.15) is 0 Å². The highest BCUT2D eigenvalue weighted by molar-refractivity contribution is 6.35. The number of hydrogen-bond donors (Lipinski definition) is 2. The third kappa shape index (κ3) is 3.80. The number of aryl methyl sites for hydroxylation is 2. The summed E-state index contributed by atoms with van der Waals surface area (Å²) in [7, 11) is 5.24. The number of hydrogen-bond acceptors (Lipinski definition) is 5. The van der Waals surface area contributed by atoms with Crippen molar-refractivity contribution in [2.24, 2.45) is 14.1 Å². The Morgan fingerprint density at radius 3 is 2.54 bits per heavy atom. The van der Waals surface area contributed by atoms with Gasteiger partial charge < -0.3 is 15.2 Å². The molecule has 0 saturated heterocycles. The minimum absolute atomic E-state index is 0.0492. The Bertz CT molecular complexity index is 1130. The Kier molecular flexibility index (Phi) is 6.12. The van der Waals surface area contributed by atoms with E-state index in [1.54, 1.807) is 36.9 Å². The molecule has 0 spiro atoms. The Morgan fingerprint density at radius 2 is 1.86 bits per heavy atom. The molecule has 28 heavy (non-hydrogen) atoms. The molecule has 0 fully saturated rings. The number of fused-ring (bicyclic) bond motifs is 1. The topological polar surface area (TPSA) is 85.9 Å². The van der Waals surface area contributed by atoms with Gasteiger partial charge in [0.25, 0.3) is 5.56 Å². The first-order valence-electron chi connectivity index (χ1n) is 8.83. The van der Waals surface area contributed by atoms with Crippen molar-refractivity contribution in [1.29, 1.82) is 0 Å². The molecule has 0 aliphatic rings. The molecule has 150 valence electrons. The van der Waals surface area contributed by atoms with Gasteiger partial charge in [0, 0.05) is 30.7 Å². The molecule has 0 aliphatic heterocycles. The molecule has 0 bridgehead atoms. The molecule has 2 aromatic heterocycles. The number of anilines is 1. The molecule has 3 aromatic rings. The molecule has 3 rings (SSSR count). The van der Waals surface area contributed by atoms with Crippen LogP contribution in [0.3, 0.4) is 0 Å². The number of benzene rings is 1. The van der Waals surface area contributed by atoms with Gasteiger partial charge in [0.05, 0.1) is 6.54 Å². The molecule has 0 aliphatic carbocycles. The quantitative estimate of drug-likeness (QED) is 0.564. The van der Waals surface area contributed by atoms with E-state index >= 15 is 0 Å². The normalized spacial score (nSPS) is 11.3. The van der Waals surface area contributed by atoms with Crippen molar-refractivity contribution in [3.63, 3.8) is 0 Å². The molecule has 0 atom stereocenters. The average molecular weight is 425 g/mol. The summed E-state index contributed by atoms with van der Waals surface area (Å²) < 4.78 is 4.21. The van der Waals surface area contributed by atoms with Crippen molar-refractivity contribution >= 4 is 40.3 Å². The number of nitrogens with one attached hydrogen (secondary N) is 2. The summed E-state index contributed by atoms with van der Waals surface area (Å²) in [6.45, 7) is 1.61. The van der Waals surface area contributed by atoms with Crippen LogP contribution in [0.25, 0.3) is 11.2 Å². The van der Waals surface area contributed by atoms with E-state index in [1.165, 1.54) is 4.57 Å². The molecule has 0 amide bonds. The van der Waals surface area contributed by atoms with Crippen molar-refractivity contribution in [1.82, 2.24) is 24.0 Å². The lowest BCUT2D eigenvalue weighted by molar-refractivity contribution is 0.655. The predicted octanol–water partition coefficient (Wildman–Crippen LogP) is 1.81. The maximum absolute atomic E-state index is 13.1. The van der Waals surface area contributed by atoms with Crippen LogP contribution in [-0.2, 0) is 20.6 Å². The predicted molar refractivity (Wildman–Crippen MR) is 113 cm³/mol. The molecular formula is C18H22Cl2N6O2. The van der Waals surface area contributed by atoms with E-state index in [4.69, 9.17) is 23.2 Å². The molecule has 2 heterocycles. The van der Waals surface area contributed by atoms with E-state index in [0.29, 0.717) is 39.3 Å². The number of imidazole rings is 1. The summed E-state index contributed by atoms with van der Waals surface area (Å²) in [6.07, 6.45) is 0.901. The van der Waals surface area contributed by atoms with Crippen LogP contribution in [0.1, 0.15) is 12.0 Å². The third-order valence-electron chi connectivity index (χ3n) is 4.59. The van der Waals surface area contributed by atoms with Crippen molar-refractivity contribution < 1.29 is 0 Å². The van der Waals surface area contributed by atoms with E-state index in [2.05, 4.69) is 15.6 Å². The van der Waals surface area contributed by atoms with Gasteiger partial charge in [-0.15, -0.1) is 0 Å². The second-order valence-electron chi connectivity index (χ2n) is 6.52. The fourth-order valence-corrected chi connectivity index (χ4v) is 3.49. The highest BCUT2D eigenvalue weighted by atomic mass is 35.5. The molecule has 0 saturated carbocycles. The van der Waals surface area contributed by atoms with Crippen LogP contribution in [0.2, 0.25) is 10.0 Å². The fraction of sp³-hybridized carbons (Fsp3) is 0.389. The Labute approximate surface area is 171 Å². The van der Waals surface area contributed by atoms with Gasteiger partial charge in [0.2, 0.25) is 5.95 Å². The van der Waals surface area contributed by atoms with E-state index < -0.39 is 11.2 Å². The Hall–Kier alpha value is -2.29. The fourth-order valence-electron chi connectivity index (χ4n) is 3.03. The highest BCUT2D eigenvalue weighted by Crippen LogP contribution is 2.21. The molecule has 0 radical (unpaired) electrons. The average Bonchev–Trinajstić information content (AvgIpc) is 2.99. The summed E-state index contributed by atoms with van der Waals surface area (Å²) in [5, 5.41) is 7.17. The number of nitrogens with zero attached hydrogens (tertiary/aromatic N) is 4. The summed E-state index contributed by atoms with van der Waals surface area (Å²) in [4.78, 5) is 30.3. The molecular weight excluding hydrogens is 403 g/mol. The Morgan fingerprint density at radius 1 is 1.11 bits per heavy atom. The lowest BCUT2D eigenvalue weighted by Crippen LogP contribution is -2.39. The van der Waals surface area contributed by atoms with E-state index in [9.17, 15) is 9.59 Å². The zero-order chi connectivity index (χ0) is 20.4. The highest BCUT2D eigenvalue weighted by Gasteiger charge is 2.19.